The maximum atomic E-state index is 11.3. The van der Waals surface area contributed by atoms with Crippen molar-refractivity contribution in [3.63, 3.8) is 0 Å². The fraction of sp³-hybridized carbons (Fsp3) is 0.353. The number of hydrogen-bond acceptors (Lipinski definition) is 4. The highest BCUT2D eigenvalue weighted by Crippen LogP contribution is 2.23. The molecule has 1 aliphatic rings. The number of nitrogens with zero attached hydrogens (tertiary/aromatic N) is 2. The summed E-state index contributed by atoms with van der Waals surface area (Å²) in [4.78, 5) is 17.6. The summed E-state index contributed by atoms with van der Waals surface area (Å²) >= 11 is 5.32. The van der Waals surface area contributed by atoms with Crippen molar-refractivity contribution in [1.29, 1.82) is 0 Å². The highest BCUT2D eigenvalue weighted by Gasteiger charge is 2.18. The number of rotatable bonds is 4. The molecule has 1 aliphatic heterocycles. The van der Waals surface area contributed by atoms with Gasteiger partial charge in [-0.1, -0.05) is 0 Å². The number of thiophene rings is 1. The first-order chi connectivity index (χ1) is 10.6. The Balaban J connectivity index is 1.56. The minimum atomic E-state index is 0.124. The van der Waals surface area contributed by atoms with Gasteiger partial charge < -0.3 is 4.90 Å². The van der Waals surface area contributed by atoms with E-state index in [2.05, 4.69) is 49.3 Å². The lowest BCUT2D eigenvalue weighted by atomic mass is 10.1. The van der Waals surface area contributed by atoms with Crippen LogP contribution in [0.4, 0.5) is 5.69 Å². The highest BCUT2D eigenvalue weighted by atomic mass is 79.9. The molecule has 0 radical (unpaired) electrons. The third-order valence-electron chi connectivity index (χ3n) is 4.01. The van der Waals surface area contributed by atoms with Crippen LogP contribution >= 0.6 is 27.3 Å². The van der Waals surface area contributed by atoms with E-state index in [0.717, 1.165) is 38.3 Å². The van der Waals surface area contributed by atoms with E-state index in [9.17, 15) is 4.79 Å². The smallest absolute Gasteiger partial charge is 0.159 e. The Bertz CT molecular complexity index is 645. The highest BCUT2D eigenvalue weighted by molar-refractivity contribution is 9.10. The molecule has 1 aromatic carbocycles. The Morgan fingerprint density at radius 2 is 1.86 bits per heavy atom. The molecular weight excluding hydrogens is 360 g/mol. The predicted octanol–water partition coefficient (Wildman–Crippen LogP) is 4.04. The standard InChI is InChI=1S/C17H19BrN2OS/c1-13(21)14-2-4-16(5-3-14)20-8-6-19(7-9-20)11-17-10-15(18)12-22-17/h2-5,10,12H,6-9,11H2,1H3. The Hall–Kier alpha value is -1.17. The quantitative estimate of drug-likeness (QED) is 0.750. The van der Waals surface area contributed by atoms with E-state index in [1.807, 2.05) is 23.5 Å². The number of Topliss-reactive ketones (excluding diaryl/α,β-unsaturated/α-hetero) is 1. The number of hydrogen-bond donors (Lipinski definition) is 0. The van der Waals surface area contributed by atoms with Crippen molar-refractivity contribution in [2.75, 3.05) is 31.1 Å². The van der Waals surface area contributed by atoms with Gasteiger partial charge in [-0.3, -0.25) is 9.69 Å². The normalized spacial score (nSPS) is 16.0. The van der Waals surface area contributed by atoms with E-state index in [0.29, 0.717) is 0 Å². The van der Waals surface area contributed by atoms with Gasteiger partial charge in [-0.25, -0.2) is 0 Å². The van der Waals surface area contributed by atoms with Crippen LogP contribution in [0.3, 0.4) is 0 Å². The Labute approximate surface area is 143 Å². The molecule has 1 fully saturated rings. The first-order valence-corrected chi connectivity index (χ1v) is 9.10. The Morgan fingerprint density at radius 3 is 2.41 bits per heavy atom. The van der Waals surface area contributed by atoms with E-state index in [1.54, 1.807) is 6.92 Å². The molecule has 22 heavy (non-hydrogen) atoms. The lowest BCUT2D eigenvalue weighted by molar-refractivity contribution is 0.101. The fourth-order valence-electron chi connectivity index (χ4n) is 2.73. The number of anilines is 1. The van der Waals surface area contributed by atoms with Crippen molar-refractivity contribution in [2.24, 2.45) is 0 Å². The van der Waals surface area contributed by atoms with Gasteiger partial charge in [0.15, 0.2) is 5.78 Å². The molecule has 0 atom stereocenters. The summed E-state index contributed by atoms with van der Waals surface area (Å²) in [6.07, 6.45) is 0. The fourth-order valence-corrected chi connectivity index (χ4v) is 4.22. The molecule has 0 amide bonds. The molecule has 1 aromatic heterocycles. The predicted molar refractivity (Wildman–Crippen MR) is 96.0 cm³/mol. The molecule has 0 saturated carbocycles. The van der Waals surface area contributed by atoms with Crippen LogP contribution in [0.2, 0.25) is 0 Å². The minimum Gasteiger partial charge on any atom is -0.369 e. The SMILES string of the molecule is CC(=O)c1ccc(N2CCN(Cc3cc(Br)cs3)CC2)cc1. The van der Waals surface area contributed by atoms with Crippen LogP contribution in [0.25, 0.3) is 0 Å². The van der Waals surface area contributed by atoms with Gasteiger partial charge >= 0.3 is 0 Å². The topological polar surface area (TPSA) is 23.6 Å². The molecule has 0 spiro atoms. The average Bonchev–Trinajstić information content (AvgIpc) is 2.93. The van der Waals surface area contributed by atoms with Crippen molar-refractivity contribution < 1.29 is 4.79 Å². The molecule has 0 aliphatic carbocycles. The summed E-state index contributed by atoms with van der Waals surface area (Å²) in [5.74, 6) is 0.124. The zero-order chi connectivity index (χ0) is 15.5. The Morgan fingerprint density at radius 1 is 1.18 bits per heavy atom. The monoisotopic (exact) mass is 378 g/mol. The van der Waals surface area contributed by atoms with Gasteiger partial charge in [0.1, 0.15) is 0 Å². The van der Waals surface area contributed by atoms with Crippen molar-refractivity contribution in [3.8, 4) is 0 Å². The summed E-state index contributed by atoms with van der Waals surface area (Å²) in [6.45, 7) is 6.86. The number of ketones is 1. The van der Waals surface area contributed by atoms with Crippen LogP contribution in [0.5, 0.6) is 0 Å². The molecular formula is C17H19BrN2OS. The van der Waals surface area contributed by atoms with Crippen molar-refractivity contribution in [3.05, 3.63) is 50.6 Å². The van der Waals surface area contributed by atoms with E-state index < -0.39 is 0 Å². The van der Waals surface area contributed by atoms with Crippen molar-refractivity contribution in [2.45, 2.75) is 13.5 Å². The molecule has 0 N–H and O–H groups in total. The van der Waals surface area contributed by atoms with Gasteiger partial charge in [0, 0.05) is 58.7 Å². The number of halogens is 1. The third kappa shape index (κ3) is 3.77. The Kier molecular flexibility index (Phi) is 4.96. The molecule has 3 nitrogen and oxygen atoms in total. The van der Waals surface area contributed by atoms with E-state index in [4.69, 9.17) is 0 Å². The molecule has 0 bridgehead atoms. The zero-order valence-electron chi connectivity index (χ0n) is 12.6. The number of piperazine rings is 1. The summed E-state index contributed by atoms with van der Waals surface area (Å²) in [5.41, 5.74) is 1.99. The first kappa shape index (κ1) is 15.7. The first-order valence-electron chi connectivity index (χ1n) is 7.43. The summed E-state index contributed by atoms with van der Waals surface area (Å²) < 4.78 is 1.18. The second-order valence-electron chi connectivity index (χ2n) is 5.60. The summed E-state index contributed by atoms with van der Waals surface area (Å²) in [5, 5.41) is 2.14. The van der Waals surface area contributed by atoms with Gasteiger partial charge in [-0.05, 0) is 53.2 Å². The second kappa shape index (κ2) is 6.94. The largest absolute Gasteiger partial charge is 0.369 e. The van der Waals surface area contributed by atoms with Crippen LogP contribution in [0, 0.1) is 0 Å². The van der Waals surface area contributed by atoms with Crippen molar-refractivity contribution >= 4 is 38.7 Å². The number of benzene rings is 1. The van der Waals surface area contributed by atoms with Crippen LogP contribution in [-0.2, 0) is 6.54 Å². The van der Waals surface area contributed by atoms with Gasteiger partial charge in [0.05, 0.1) is 0 Å². The van der Waals surface area contributed by atoms with Crippen LogP contribution < -0.4 is 4.90 Å². The number of carbonyl (C=O) groups excluding carboxylic acids is 1. The molecule has 2 heterocycles. The molecule has 1 saturated heterocycles. The summed E-state index contributed by atoms with van der Waals surface area (Å²) in [7, 11) is 0. The van der Waals surface area contributed by atoms with Gasteiger partial charge in [0.2, 0.25) is 0 Å². The van der Waals surface area contributed by atoms with Gasteiger partial charge in [0.25, 0.3) is 0 Å². The maximum absolute atomic E-state index is 11.3. The number of carbonyl (C=O) groups is 1. The average molecular weight is 379 g/mol. The van der Waals surface area contributed by atoms with E-state index in [-0.39, 0.29) is 5.78 Å². The van der Waals surface area contributed by atoms with E-state index in [1.165, 1.54) is 15.0 Å². The van der Waals surface area contributed by atoms with Crippen LogP contribution in [0.1, 0.15) is 22.2 Å². The van der Waals surface area contributed by atoms with E-state index >= 15 is 0 Å². The molecule has 116 valence electrons. The summed E-state index contributed by atoms with van der Waals surface area (Å²) in [6, 6.07) is 10.2. The molecule has 0 unspecified atom stereocenters. The maximum Gasteiger partial charge on any atom is 0.159 e. The van der Waals surface area contributed by atoms with Gasteiger partial charge in [-0.2, -0.15) is 0 Å². The second-order valence-corrected chi connectivity index (χ2v) is 7.51. The zero-order valence-corrected chi connectivity index (χ0v) is 15.0. The third-order valence-corrected chi connectivity index (χ3v) is 5.69. The lowest BCUT2D eigenvalue weighted by Crippen LogP contribution is -2.45. The molecule has 2 aromatic rings. The molecule has 3 rings (SSSR count). The van der Waals surface area contributed by atoms with Crippen molar-refractivity contribution in [1.82, 2.24) is 4.90 Å². The minimum absolute atomic E-state index is 0.124. The lowest BCUT2D eigenvalue weighted by Gasteiger charge is -2.36. The van der Waals surface area contributed by atoms with Crippen LogP contribution in [0.15, 0.2) is 40.2 Å². The molecule has 5 heteroatoms. The van der Waals surface area contributed by atoms with Crippen LogP contribution in [-0.4, -0.2) is 36.9 Å². The van der Waals surface area contributed by atoms with Gasteiger partial charge in [-0.15, -0.1) is 11.3 Å².